The van der Waals surface area contributed by atoms with Crippen molar-refractivity contribution in [3.63, 3.8) is 0 Å². The van der Waals surface area contributed by atoms with Crippen LogP contribution < -0.4 is 20.3 Å². The number of unbranched alkanes of at least 4 members (excludes halogenated alkanes) is 1. The van der Waals surface area contributed by atoms with Crippen LogP contribution in [-0.4, -0.2) is 48.7 Å². The molecule has 0 bridgehead atoms. The van der Waals surface area contributed by atoms with E-state index in [2.05, 4.69) is 32.5 Å². The van der Waals surface area contributed by atoms with E-state index in [1.807, 2.05) is 17.0 Å². The van der Waals surface area contributed by atoms with Gasteiger partial charge in [0.2, 0.25) is 5.88 Å². The van der Waals surface area contributed by atoms with Gasteiger partial charge in [-0.05, 0) is 31.0 Å². The first-order valence-electron chi connectivity index (χ1n) is 10.1. The summed E-state index contributed by atoms with van der Waals surface area (Å²) in [7, 11) is 1.74. The summed E-state index contributed by atoms with van der Waals surface area (Å²) in [6.07, 6.45) is 6.32. The van der Waals surface area contributed by atoms with E-state index < -0.39 is 0 Å². The van der Waals surface area contributed by atoms with E-state index in [0.29, 0.717) is 37.4 Å². The zero-order valence-corrected chi connectivity index (χ0v) is 19.8. The Kier molecular flexibility index (Phi) is 10.0. The van der Waals surface area contributed by atoms with Crippen molar-refractivity contribution in [1.29, 1.82) is 0 Å². The minimum atomic E-state index is -0.289. The largest absolute Gasteiger partial charge is 0.477 e. The SMILES string of the molecule is CCCCOc1ncccc1CNC(=NC)NC1CCN(c2ncccc2F)C1.I. The van der Waals surface area contributed by atoms with Gasteiger partial charge in [0.15, 0.2) is 17.6 Å². The van der Waals surface area contributed by atoms with Gasteiger partial charge in [0.05, 0.1) is 6.61 Å². The third-order valence-electron chi connectivity index (χ3n) is 4.82. The van der Waals surface area contributed by atoms with Crippen molar-refractivity contribution in [1.82, 2.24) is 20.6 Å². The summed E-state index contributed by atoms with van der Waals surface area (Å²) in [5, 5.41) is 6.73. The Hall–Kier alpha value is -2.17. The van der Waals surface area contributed by atoms with E-state index in [9.17, 15) is 4.39 Å². The average molecular weight is 528 g/mol. The molecule has 3 rings (SSSR count). The second-order valence-corrected chi connectivity index (χ2v) is 6.98. The molecule has 1 aliphatic rings. The maximum Gasteiger partial charge on any atom is 0.218 e. The standard InChI is InChI=1S/C21H29FN6O.HI/c1-3-4-13-29-20-16(7-5-11-25-20)14-26-21(23-2)27-17-9-12-28(15-17)19-18(22)8-6-10-24-19;/h5-8,10-11,17H,3-4,9,12-15H2,1-2H3,(H2,23,26,27);1H. The zero-order valence-electron chi connectivity index (χ0n) is 17.5. The summed E-state index contributed by atoms with van der Waals surface area (Å²) >= 11 is 0. The summed E-state index contributed by atoms with van der Waals surface area (Å²) < 4.78 is 19.8. The Morgan fingerprint density at radius 2 is 2.10 bits per heavy atom. The average Bonchev–Trinajstić information content (AvgIpc) is 3.20. The molecular formula is C21H30FIN6O. The highest BCUT2D eigenvalue weighted by atomic mass is 127. The monoisotopic (exact) mass is 528 g/mol. The molecule has 1 fully saturated rings. The molecule has 2 aromatic heterocycles. The van der Waals surface area contributed by atoms with Crippen LogP contribution in [0.1, 0.15) is 31.7 Å². The topological polar surface area (TPSA) is 74.7 Å². The number of aliphatic imine (C=N–C) groups is 1. The quantitative estimate of drug-likeness (QED) is 0.237. The third kappa shape index (κ3) is 6.68. The number of nitrogens with one attached hydrogen (secondary N) is 2. The van der Waals surface area contributed by atoms with Gasteiger partial charge in [-0.1, -0.05) is 19.4 Å². The van der Waals surface area contributed by atoms with E-state index in [0.717, 1.165) is 31.4 Å². The molecule has 1 saturated heterocycles. The normalized spacial score (nSPS) is 16.2. The van der Waals surface area contributed by atoms with Crippen molar-refractivity contribution in [2.24, 2.45) is 4.99 Å². The van der Waals surface area contributed by atoms with Crippen LogP contribution in [0.15, 0.2) is 41.7 Å². The van der Waals surface area contributed by atoms with Gasteiger partial charge in [0.1, 0.15) is 0 Å². The zero-order chi connectivity index (χ0) is 20.5. The van der Waals surface area contributed by atoms with Crippen LogP contribution >= 0.6 is 24.0 Å². The van der Waals surface area contributed by atoms with E-state index in [-0.39, 0.29) is 35.8 Å². The maximum absolute atomic E-state index is 14.0. The third-order valence-corrected chi connectivity index (χ3v) is 4.82. The van der Waals surface area contributed by atoms with E-state index in [1.165, 1.54) is 6.07 Å². The summed E-state index contributed by atoms with van der Waals surface area (Å²) in [6.45, 7) is 4.77. The molecule has 1 atom stereocenters. The number of rotatable bonds is 8. The molecule has 1 unspecified atom stereocenters. The maximum atomic E-state index is 14.0. The molecule has 7 nitrogen and oxygen atoms in total. The summed E-state index contributed by atoms with van der Waals surface area (Å²) in [5.74, 6) is 1.47. The minimum Gasteiger partial charge on any atom is -0.477 e. The van der Waals surface area contributed by atoms with Gasteiger partial charge >= 0.3 is 0 Å². The number of halogens is 2. The molecule has 3 heterocycles. The van der Waals surface area contributed by atoms with Crippen LogP contribution in [0.4, 0.5) is 10.2 Å². The molecule has 0 aliphatic carbocycles. The van der Waals surface area contributed by atoms with Crippen molar-refractivity contribution < 1.29 is 9.13 Å². The fourth-order valence-corrected chi connectivity index (χ4v) is 3.25. The van der Waals surface area contributed by atoms with Crippen LogP contribution in [-0.2, 0) is 6.54 Å². The highest BCUT2D eigenvalue weighted by Gasteiger charge is 2.26. The highest BCUT2D eigenvalue weighted by Crippen LogP contribution is 2.21. The van der Waals surface area contributed by atoms with Crippen molar-refractivity contribution >= 4 is 35.8 Å². The molecule has 1 aliphatic heterocycles. The lowest BCUT2D eigenvalue weighted by Crippen LogP contribution is -2.44. The number of anilines is 1. The van der Waals surface area contributed by atoms with Gasteiger partial charge in [0.25, 0.3) is 0 Å². The van der Waals surface area contributed by atoms with Gasteiger partial charge in [-0.3, -0.25) is 4.99 Å². The summed E-state index contributed by atoms with van der Waals surface area (Å²) in [5.41, 5.74) is 0.982. The first-order valence-corrected chi connectivity index (χ1v) is 10.1. The van der Waals surface area contributed by atoms with Gasteiger partial charge in [-0.25, -0.2) is 14.4 Å². The first kappa shape index (κ1) is 24.1. The number of pyridine rings is 2. The van der Waals surface area contributed by atoms with E-state index >= 15 is 0 Å². The van der Waals surface area contributed by atoms with Crippen LogP contribution in [0.5, 0.6) is 5.88 Å². The molecule has 2 N–H and O–H groups in total. The van der Waals surface area contributed by atoms with Crippen molar-refractivity contribution in [2.45, 2.75) is 38.8 Å². The lowest BCUT2D eigenvalue weighted by atomic mass is 10.2. The van der Waals surface area contributed by atoms with Crippen LogP contribution in [0.25, 0.3) is 0 Å². The molecule has 0 amide bonds. The van der Waals surface area contributed by atoms with Crippen LogP contribution in [0, 0.1) is 5.82 Å². The van der Waals surface area contributed by atoms with E-state index in [4.69, 9.17) is 4.74 Å². The molecular weight excluding hydrogens is 498 g/mol. The number of aromatic nitrogens is 2. The van der Waals surface area contributed by atoms with Crippen molar-refractivity contribution in [3.05, 3.63) is 48.0 Å². The molecule has 0 spiro atoms. The predicted molar refractivity (Wildman–Crippen MR) is 128 cm³/mol. The lowest BCUT2D eigenvalue weighted by Gasteiger charge is -2.20. The van der Waals surface area contributed by atoms with Crippen LogP contribution in [0.2, 0.25) is 0 Å². The fourth-order valence-electron chi connectivity index (χ4n) is 3.25. The molecule has 2 aromatic rings. The Morgan fingerprint density at radius 1 is 1.30 bits per heavy atom. The smallest absolute Gasteiger partial charge is 0.218 e. The summed E-state index contributed by atoms with van der Waals surface area (Å²) in [4.78, 5) is 14.8. The summed E-state index contributed by atoms with van der Waals surface area (Å²) in [6, 6.07) is 7.11. The Labute approximate surface area is 194 Å². The molecule has 0 radical (unpaired) electrons. The Morgan fingerprint density at radius 3 is 2.87 bits per heavy atom. The number of hydrogen-bond donors (Lipinski definition) is 2. The Bertz CT molecular complexity index is 822. The molecule has 0 aromatic carbocycles. The number of hydrogen-bond acceptors (Lipinski definition) is 5. The fraction of sp³-hybridized carbons (Fsp3) is 0.476. The van der Waals surface area contributed by atoms with Gasteiger partial charge in [0, 0.05) is 50.7 Å². The van der Waals surface area contributed by atoms with E-state index in [1.54, 1.807) is 25.5 Å². The van der Waals surface area contributed by atoms with Gasteiger partial charge < -0.3 is 20.3 Å². The van der Waals surface area contributed by atoms with Gasteiger partial charge in [-0.2, -0.15) is 0 Å². The van der Waals surface area contributed by atoms with Gasteiger partial charge in [-0.15, -0.1) is 24.0 Å². The lowest BCUT2D eigenvalue weighted by molar-refractivity contribution is 0.294. The van der Waals surface area contributed by atoms with Crippen LogP contribution in [0.3, 0.4) is 0 Å². The predicted octanol–water partition coefficient (Wildman–Crippen LogP) is 3.36. The molecule has 164 valence electrons. The highest BCUT2D eigenvalue weighted by molar-refractivity contribution is 14.0. The number of ether oxygens (including phenoxy) is 1. The number of guanidine groups is 1. The second-order valence-electron chi connectivity index (χ2n) is 6.98. The molecule has 30 heavy (non-hydrogen) atoms. The van der Waals surface area contributed by atoms with Crippen molar-refractivity contribution in [3.8, 4) is 5.88 Å². The first-order chi connectivity index (χ1) is 14.2. The van der Waals surface area contributed by atoms with Crippen molar-refractivity contribution in [2.75, 3.05) is 31.6 Å². The second kappa shape index (κ2) is 12.5. The number of nitrogens with zero attached hydrogens (tertiary/aromatic N) is 4. The molecule has 0 saturated carbocycles. The Balaban J connectivity index is 0.00000320. The molecule has 9 heteroatoms. The minimum absolute atomic E-state index is 0.